The fourth-order valence-electron chi connectivity index (χ4n) is 4.10. The number of carbonyl (C=O) groups is 1. The van der Waals surface area contributed by atoms with Crippen LogP contribution in [-0.2, 0) is 19.3 Å². The molecule has 6 heteroatoms. The lowest BCUT2D eigenvalue weighted by atomic mass is 9.96. The van der Waals surface area contributed by atoms with Gasteiger partial charge in [-0.25, -0.2) is 4.98 Å². The van der Waals surface area contributed by atoms with Crippen molar-refractivity contribution in [1.29, 1.82) is 0 Å². The van der Waals surface area contributed by atoms with Gasteiger partial charge < -0.3 is 5.32 Å². The van der Waals surface area contributed by atoms with E-state index in [4.69, 9.17) is 15.1 Å². The molecule has 2 aromatic heterocycles. The van der Waals surface area contributed by atoms with Gasteiger partial charge in [-0.3, -0.25) is 4.79 Å². The molecule has 0 unspecified atom stereocenters. The van der Waals surface area contributed by atoms with Crippen LogP contribution in [0.5, 0.6) is 0 Å². The molecule has 5 rings (SSSR count). The third kappa shape index (κ3) is 3.93. The molecule has 31 heavy (non-hydrogen) atoms. The minimum absolute atomic E-state index is 0.0623. The number of anilines is 2. The van der Waals surface area contributed by atoms with Gasteiger partial charge in [0.1, 0.15) is 5.82 Å². The standard InChI is InChI=1S/C25H25N5O/c1-16-7-9-18(10-8-16)15-23-28-25-27-22-6-4-3-5-21(22)24(30(25)29-23)26-20-13-11-19(12-14-20)17(2)31/h7-14,26H,3-6,15H2,1-2H3. The summed E-state index contributed by atoms with van der Waals surface area (Å²) in [4.78, 5) is 21.2. The zero-order valence-corrected chi connectivity index (χ0v) is 17.9. The van der Waals surface area contributed by atoms with E-state index in [-0.39, 0.29) is 5.78 Å². The van der Waals surface area contributed by atoms with Crippen molar-refractivity contribution in [3.63, 3.8) is 0 Å². The Hall–Kier alpha value is -3.54. The van der Waals surface area contributed by atoms with Gasteiger partial charge in [-0.1, -0.05) is 29.8 Å². The molecule has 0 bridgehead atoms. The molecule has 0 spiro atoms. The van der Waals surface area contributed by atoms with Crippen LogP contribution in [0, 0.1) is 6.92 Å². The maximum Gasteiger partial charge on any atom is 0.254 e. The van der Waals surface area contributed by atoms with Crippen molar-refractivity contribution in [2.75, 3.05) is 5.32 Å². The highest BCUT2D eigenvalue weighted by atomic mass is 16.1. The molecule has 1 aliphatic rings. The number of hydrogen-bond acceptors (Lipinski definition) is 5. The average Bonchev–Trinajstić information content (AvgIpc) is 3.17. The fourth-order valence-corrected chi connectivity index (χ4v) is 4.10. The highest BCUT2D eigenvalue weighted by molar-refractivity contribution is 5.94. The van der Waals surface area contributed by atoms with Gasteiger partial charge in [-0.15, -0.1) is 5.10 Å². The third-order valence-electron chi connectivity index (χ3n) is 5.84. The van der Waals surface area contributed by atoms with Crippen LogP contribution in [0.1, 0.15) is 58.3 Å². The van der Waals surface area contributed by atoms with Gasteiger partial charge in [-0.05, 0) is 69.4 Å². The molecule has 0 amide bonds. The zero-order chi connectivity index (χ0) is 21.4. The van der Waals surface area contributed by atoms with Crippen molar-refractivity contribution < 1.29 is 4.79 Å². The zero-order valence-electron chi connectivity index (χ0n) is 17.9. The lowest BCUT2D eigenvalue weighted by Crippen LogP contribution is -2.13. The summed E-state index contributed by atoms with van der Waals surface area (Å²) in [5.74, 6) is 2.38. The number of aromatic nitrogens is 4. The summed E-state index contributed by atoms with van der Waals surface area (Å²) < 4.78 is 1.84. The second-order valence-corrected chi connectivity index (χ2v) is 8.25. The van der Waals surface area contributed by atoms with Gasteiger partial charge in [0, 0.05) is 23.2 Å². The first-order chi connectivity index (χ1) is 15.1. The van der Waals surface area contributed by atoms with E-state index in [2.05, 4.69) is 36.5 Å². The molecule has 2 heterocycles. The maximum absolute atomic E-state index is 11.6. The third-order valence-corrected chi connectivity index (χ3v) is 5.84. The second kappa shape index (κ2) is 7.95. The van der Waals surface area contributed by atoms with Gasteiger partial charge in [-0.2, -0.15) is 9.50 Å². The van der Waals surface area contributed by atoms with Crippen LogP contribution in [0.3, 0.4) is 0 Å². The van der Waals surface area contributed by atoms with Crippen molar-refractivity contribution >= 4 is 23.1 Å². The molecule has 156 valence electrons. The van der Waals surface area contributed by atoms with Crippen LogP contribution in [0.25, 0.3) is 5.78 Å². The molecule has 4 aromatic rings. The average molecular weight is 412 g/mol. The predicted molar refractivity (Wildman–Crippen MR) is 121 cm³/mol. The second-order valence-electron chi connectivity index (χ2n) is 8.25. The van der Waals surface area contributed by atoms with Gasteiger partial charge >= 0.3 is 0 Å². The molecule has 0 atom stereocenters. The number of fused-ring (bicyclic) bond motifs is 2. The van der Waals surface area contributed by atoms with E-state index in [9.17, 15) is 4.79 Å². The first kappa shape index (κ1) is 19.4. The van der Waals surface area contributed by atoms with Crippen LogP contribution < -0.4 is 5.32 Å². The first-order valence-electron chi connectivity index (χ1n) is 10.8. The van der Waals surface area contributed by atoms with Crippen LogP contribution in [-0.4, -0.2) is 25.4 Å². The molecule has 0 fully saturated rings. The molecule has 2 aromatic carbocycles. The summed E-state index contributed by atoms with van der Waals surface area (Å²) in [6.07, 6.45) is 4.89. The van der Waals surface area contributed by atoms with Crippen molar-refractivity contribution in [2.24, 2.45) is 0 Å². The molecule has 0 saturated heterocycles. The summed E-state index contributed by atoms with van der Waals surface area (Å²) in [6.45, 7) is 3.67. The number of ketones is 1. The topological polar surface area (TPSA) is 72.2 Å². The minimum Gasteiger partial charge on any atom is -0.340 e. The Morgan fingerprint density at radius 2 is 1.74 bits per heavy atom. The Kier molecular flexibility index (Phi) is 4.98. The summed E-state index contributed by atoms with van der Waals surface area (Å²) in [5.41, 5.74) is 6.36. The number of benzene rings is 2. The van der Waals surface area contributed by atoms with Gasteiger partial charge in [0.25, 0.3) is 5.78 Å². The van der Waals surface area contributed by atoms with Gasteiger partial charge in [0.15, 0.2) is 11.6 Å². The van der Waals surface area contributed by atoms with E-state index >= 15 is 0 Å². The lowest BCUT2D eigenvalue weighted by molar-refractivity contribution is 0.101. The Morgan fingerprint density at radius 3 is 2.48 bits per heavy atom. The monoisotopic (exact) mass is 411 g/mol. The van der Waals surface area contributed by atoms with E-state index < -0.39 is 0 Å². The fraction of sp³-hybridized carbons (Fsp3) is 0.280. The number of nitrogens with zero attached hydrogens (tertiary/aromatic N) is 4. The van der Waals surface area contributed by atoms with Crippen molar-refractivity contribution in [3.05, 3.63) is 82.3 Å². The number of carbonyl (C=O) groups excluding carboxylic acids is 1. The summed E-state index contributed by atoms with van der Waals surface area (Å²) in [5, 5.41) is 8.34. The summed E-state index contributed by atoms with van der Waals surface area (Å²) in [7, 11) is 0. The minimum atomic E-state index is 0.0623. The highest BCUT2D eigenvalue weighted by Crippen LogP contribution is 2.30. The Balaban J connectivity index is 1.55. The molecule has 6 nitrogen and oxygen atoms in total. The maximum atomic E-state index is 11.6. The van der Waals surface area contributed by atoms with Gasteiger partial charge in [0.2, 0.25) is 0 Å². The normalized spacial score (nSPS) is 13.2. The van der Waals surface area contributed by atoms with Crippen molar-refractivity contribution in [3.8, 4) is 0 Å². The van der Waals surface area contributed by atoms with Crippen molar-refractivity contribution in [2.45, 2.75) is 46.0 Å². The van der Waals surface area contributed by atoms with E-state index in [1.165, 1.54) is 16.7 Å². The quantitative estimate of drug-likeness (QED) is 0.475. The summed E-state index contributed by atoms with van der Waals surface area (Å²) >= 11 is 0. The van der Waals surface area contributed by atoms with Crippen LogP contribution in [0.15, 0.2) is 48.5 Å². The molecular formula is C25H25N5O. The highest BCUT2D eigenvalue weighted by Gasteiger charge is 2.21. The molecule has 1 N–H and O–H groups in total. The Bertz CT molecular complexity index is 1260. The predicted octanol–water partition coefficient (Wildman–Crippen LogP) is 4.85. The SMILES string of the molecule is CC(=O)c1ccc(Nc2c3c(nc4nc(Cc5ccc(C)cc5)nn24)CCCC3)cc1. The smallest absolute Gasteiger partial charge is 0.254 e. The Labute approximate surface area is 181 Å². The van der Waals surface area contributed by atoms with Crippen LogP contribution in [0.2, 0.25) is 0 Å². The lowest BCUT2D eigenvalue weighted by Gasteiger charge is -2.20. The number of nitrogens with one attached hydrogen (secondary N) is 1. The number of hydrogen-bond donors (Lipinski definition) is 1. The van der Waals surface area contributed by atoms with E-state index in [0.29, 0.717) is 17.8 Å². The van der Waals surface area contributed by atoms with E-state index in [1.807, 2.05) is 28.8 Å². The number of Topliss-reactive ketones (excluding diaryl/α,β-unsaturated/α-hetero) is 1. The van der Waals surface area contributed by atoms with Crippen LogP contribution >= 0.6 is 0 Å². The van der Waals surface area contributed by atoms with Crippen LogP contribution in [0.4, 0.5) is 11.5 Å². The largest absolute Gasteiger partial charge is 0.340 e. The van der Waals surface area contributed by atoms with Gasteiger partial charge in [0.05, 0.1) is 5.69 Å². The van der Waals surface area contributed by atoms with E-state index in [1.54, 1.807) is 6.92 Å². The summed E-state index contributed by atoms with van der Waals surface area (Å²) in [6, 6.07) is 16.0. The number of aryl methyl sites for hydroxylation is 2. The number of rotatable bonds is 5. The molecule has 1 aliphatic carbocycles. The van der Waals surface area contributed by atoms with E-state index in [0.717, 1.165) is 48.7 Å². The molecule has 0 aliphatic heterocycles. The first-order valence-corrected chi connectivity index (χ1v) is 10.8. The Morgan fingerprint density at radius 1 is 1.00 bits per heavy atom. The molecule has 0 radical (unpaired) electrons. The van der Waals surface area contributed by atoms with Crippen molar-refractivity contribution in [1.82, 2.24) is 19.6 Å². The molecule has 0 saturated carbocycles. The molecular weight excluding hydrogens is 386 g/mol.